The van der Waals surface area contributed by atoms with E-state index in [1.807, 2.05) is 30.3 Å². The molecule has 4 nitrogen and oxygen atoms in total. The van der Waals surface area contributed by atoms with Gasteiger partial charge >= 0.3 is 11.9 Å². The maximum absolute atomic E-state index is 12.8. The minimum absolute atomic E-state index is 0.0337. The van der Waals surface area contributed by atoms with Crippen LogP contribution in [0.1, 0.15) is 88.9 Å². The molecule has 0 aromatic heterocycles. The fourth-order valence-corrected chi connectivity index (χ4v) is 8.48. The molecule has 0 aliphatic heterocycles. The number of fused-ring (bicyclic) bond motifs is 5. The minimum atomic E-state index is -0.168. The summed E-state index contributed by atoms with van der Waals surface area (Å²) in [6.45, 7) is 6.46. The fourth-order valence-electron chi connectivity index (χ4n) is 8.48. The van der Waals surface area contributed by atoms with Gasteiger partial charge < -0.3 is 9.47 Å². The van der Waals surface area contributed by atoms with Crippen molar-refractivity contribution in [1.29, 1.82) is 0 Å². The van der Waals surface area contributed by atoms with Gasteiger partial charge in [0.15, 0.2) is 0 Å². The van der Waals surface area contributed by atoms with Crippen molar-refractivity contribution in [2.24, 2.45) is 34.5 Å². The van der Waals surface area contributed by atoms with E-state index in [4.69, 9.17) is 9.47 Å². The first-order valence-electron chi connectivity index (χ1n) is 12.7. The molecule has 0 amide bonds. The summed E-state index contributed by atoms with van der Waals surface area (Å²) in [5, 5.41) is 0. The lowest BCUT2D eigenvalue weighted by Gasteiger charge is -2.60. The molecular formula is C28H38O4. The lowest BCUT2D eigenvalue weighted by molar-refractivity contribution is -0.161. The van der Waals surface area contributed by atoms with Gasteiger partial charge in [-0.3, -0.25) is 4.79 Å². The highest BCUT2D eigenvalue weighted by Gasteiger charge is 2.61. The van der Waals surface area contributed by atoms with Gasteiger partial charge in [-0.05, 0) is 99.0 Å². The molecule has 0 saturated heterocycles. The quantitative estimate of drug-likeness (QED) is 0.528. The number of ether oxygens (including phenoxy) is 2. The summed E-state index contributed by atoms with van der Waals surface area (Å²) < 4.78 is 11.8. The maximum Gasteiger partial charge on any atom is 0.338 e. The van der Waals surface area contributed by atoms with Crippen LogP contribution in [0, 0.1) is 34.5 Å². The Morgan fingerprint density at radius 2 is 1.56 bits per heavy atom. The summed E-state index contributed by atoms with van der Waals surface area (Å²) in [5.74, 6) is 2.50. The molecule has 4 aliphatic rings. The van der Waals surface area contributed by atoms with Crippen LogP contribution in [-0.2, 0) is 14.3 Å². The second-order valence-corrected chi connectivity index (χ2v) is 11.5. The first-order chi connectivity index (χ1) is 15.3. The van der Waals surface area contributed by atoms with Gasteiger partial charge in [0.05, 0.1) is 5.56 Å². The largest absolute Gasteiger partial charge is 0.463 e. The molecule has 0 bridgehead atoms. The number of esters is 2. The summed E-state index contributed by atoms with van der Waals surface area (Å²) in [5.41, 5.74) is 1.12. The third-order valence-electron chi connectivity index (χ3n) is 10.1. The highest BCUT2D eigenvalue weighted by molar-refractivity contribution is 5.89. The monoisotopic (exact) mass is 438 g/mol. The van der Waals surface area contributed by atoms with E-state index < -0.39 is 0 Å². The molecule has 8 atom stereocenters. The van der Waals surface area contributed by atoms with Gasteiger partial charge in [-0.1, -0.05) is 32.0 Å². The lowest BCUT2D eigenvalue weighted by atomic mass is 9.45. The van der Waals surface area contributed by atoms with E-state index in [1.54, 1.807) is 0 Å². The standard InChI is InChI=1S/C28H38O4/c1-18(29)31-21-13-15-27(2)20(17-21)9-10-22-23-11-12-25(28(23,3)16-14-24(22)27)32-26(30)19-7-5-4-6-8-19/h4-8,20-25H,9-17H2,1-3H3/t20-,21-,22-,23+,24-,25-,27-,28-/m0/s1. The Labute approximate surface area is 192 Å². The zero-order valence-corrected chi connectivity index (χ0v) is 19.8. The molecule has 4 saturated carbocycles. The van der Waals surface area contributed by atoms with Gasteiger partial charge in [0.1, 0.15) is 12.2 Å². The molecule has 0 N–H and O–H groups in total. The van der Waals surface area contributed by atoms with Crippen LogP contribution in [-0.4, -0.2) is 24.1 Å². The predicted octanol–water partition coefficient (Wildman–Crippen LogP) is 6.19. The van der Waals surface area contributed by atoms with E-state index >= 15 is 0 Å². The SMILES string of the molecule is CC(=O)O[C@H]1CC[C@@]2(C)[C@@H](CC[C@H]3[C@H]4CC[C@H](OC(=O)c5ccccc5)[C@@]4(C)CC[C@@H]32)C1. The van der Waals surface area contributed by atoms with E-state index in [0.717, 1.165) is 37.5 Å². The van der Waals surface area contributed by atoms with E-state index in [9.17, 15) is 9.59 Å². The minimum Gasteiger partial charge on any atom is -0.463 e. The molecule has 0 heterocycles. The van der Waals surface area contributed by atoms with Gasteiger partial charge in [0.25, 0.3) is 0 Å². The molecule has 4 fully saturated rings. The normalized spacial score (nSPS) is 42.8. The maximum atomic E-state index is 12.8. The van der Waals surface area contributed by atoms with Gasteiger partial charge in [-0.25, -0.2) is 4.79 Å². The molecule has 1 aromatic carbocycles. The Bertz CT molecular complexity index is 865. The number of hydrogen-bond donors (Lipinski definition) is 0. The zero-order chi connectivity index (χ0) is 22.5. The Kier molecular flexibility index (Phi) is 5.62. The third kappa shape index (κ3) is 3.58. The summed E-state index contributed by atoms with van der Waals surface area (Å²) in [7, 11) is 0. The molecule has 4 heteroatoms. The van der Waals surface area contributed by atoms with Crippen LogP contribution < -0.4 is 0 Å². The van der Waals surface area contributed by atoms with Gasteiger partial charge in [0.2, 0.25) is 0 Å². The molecule has 0 radical (unpaired) electrons. The van der Waals surface area contributed by atoms with Crippen LogP contribution in [0.4, 0.5) is 0 Å². The van der Waals surface area contributed by atoms with Crippen molar-refractivity contribution in [1.82, 2.24) is 0 Å². The van der Waals surface area contributed by atoms with Crippen molar-refractivity contribution in [2.45, 2.75) is 90.8 Å². The van der Waals surface area contributed by atoms with Crippen LogP contribution in [0.25, 0.3) is 0 Å². The number of rotatable bonds is 3. The van der Waals surface area contributed by atoms with Crippen molar-refractivity contribution < 1.29 is 19.1 Å². The third-order valence-corrected chi connectivity index (χ3v) is 10.1. The highest BCUT2D eigenvalue weighted by atomic mass is 16.5. The van der Waals surface area contributed by atoms with Crippen molar-refractivity contribution >= 4 is 11.9 Å². The first-order valence-corrected chi connectivity index (χ1v) is 12.7. The Morgan fingerprint density at radius 1 is 0.844 bits per heavy atom. The second-order valence-electron chi connectivity index (χ2n) is 11.5. The Hall–Kier alpha value is -1.84. The molecular weight excluding hydrogens is 400 g/mol. The van der Waals surface area contributed by atoms with E-state index in [0.29, 0.717) is 22.8 Å². The summed E-state index contributed by atoms with van der Waals surface area (Å²) in [4.78, 5) is 24.3. The van der Waals surface area contributed by atoms with Crippen LogP contribution in [0.15, 0.2) is 30.3 Å². The van der Waals surface area contributed by atoms with Crippen LogP contribution in [0.3, 0.4) is 0 Å². The number of hydrogen-bond acceptors (Lipinski definition) is 4. The topological polar surface area (TPSA) is 52.6 Å². The summed E-state index contributed by atoms with van der Waals surface area (Å²) in [6.07, 6.45) is 10.5. The van der Waals surface area contributed by atoms with Crippen LogP contribution >= 0.6 is 0 Å². The average Bonchev–Trinajstić information content (AvgIpc) is 3.10. The van der Waals surface area contributed by atoms with E-state index in [-0.39, 0.29) is 29.6 Å². The molecule has 32 heavy (non-hydrogen) atoms. The number of carbonyl (C=O) groups is 2. The predicted molar refractivity (Wildman–Crippen MR) is 123 cm³/mol. The molecule has 1 aromatic rings. The first kappa shape index (κ1) is 22.0. The lowest BCUT2D eigenvalue weighted by Crippen LogP contribution is -2.54. The number of benzene rings is 1. The van der Waals surface area contributed by atoms with Crippen molar-refractivity contribution in [2.75, 3.05) is 0 Å². The zero-order valence-electron chi connectivity index (χ0n) is 19.8. The second kappa shape index (κ2) is 8.18. The van der Waals surface area contributed by atoms with Crippen LogP contribution in [0.2, 0.25) is 0 Å². The van der Waals surface area contributed by atoms with Gasteiger partial charge in [0, 0.05) is 12.3 Å². The summed E-state index contributed by atoms with van der Waals surface area (Å²) in [6, 6.07) is 9.43. The summed E-state index contributed by atoms with van der Waals surface area (Å²) >= 11 is 0. The van der Waals surface area contributed by atoms with E-state index in [2.05, 4.69) is 13.8 Å². The number of carbonyl (C=O) groups excluding carboxylic acids is 2. The van der Waals surface area contributed by atoms with Crippen molar-refractivity contribution in [3.8, 4) is 0 Å². The molecule has 0 spiro atoms. The smallest absolute Gasteiger partial charge is 0.338 e. The molecule has 0 unspecified atom stereocenters. The van der Waals surface area contributed by atoms with E-state index in [1.165, 1.54) is 39.0 Å². The van der Waals surface area contributed by atoms with Crippen LogP contribution in [0.5, 0.6) is 0 Å². The van der Waals surface area contributed by atoms with Crippen molar-refractivity contribution in [3.05, 3.63) is 35.9 Å². The van der Waals surface area contributed by atoms with Gasteiger partial charge in [-0.15, -0.1) is 0 Å². The van der Waals surface area contributed by atoms with Crippen molar-refractivity contribution in [3.63, 3.8) is 0 Å². The molecule has 4 aliphatic carbocycles. The van der Waals surface area contributed by atoms with Gasteiger partial charge in [-0.2, -0.15) is 0 Å². The Morgan fingerprint density at radius 3 is 2.31 bits per heavy atom. The molecule has 174 valence electrons. The highest BCUT2D eigenvalue weighted by Crippen LogP contribution is 2.66. The fraction of sp³-hybridized carbons (Fsp3) is 0.714. The average molecular weight is 439 g/mol. The Balaban J connectivity index is 1.30. The molecule has 5 rings (SSSR count).